The molecule has 1 aromatic heterocycles. The molecular formula is C9H10F2N2O3. The summed E-state index contributed by atoms with van der Waals surface area (Å²) in [7, 11) is 1.13. The number of nitrogens with two attached hydrogens (primary N) is 1. The minimum atomic E-state index is -2.87. The van der Waals surface area contributed by atoms with E-state index in [0.29, 0.717) is 0 Å². The number of nitrogen functional groups attached to an aromatic ring is 1. The minimum Gasteiger partial charge on any atom is -0.469 e. The Morgan fingerprint density at radius 3 is 2.75 bits per heavy atom. The fraction of sp³-hybridized carbons (Fsp3) is 0.333. The highest BCUT2D eigenvalue weighted by Crippen LogP contribution is 2.24. The van der Waals surface area contributed by atoms with Gasteiger partial charge in [-0.1, -0.05) is 0 Å². The zero-order valence-electron chi connectivity index (χ0n) is 8.42. The van der Waals surface area contributed by atoms with Crippen LogP contribution in [0.1, 0.15) is 17.6 Å². The molecule has 0 aromatic carbocycles. The van der Waals surface area contributed by atoms with Crippen molar-refractivity contribution >= 4 is 11.8 Å². The Morgan fingerprint density at radius 1 is 1.62 bits per heavy atom. The van der Waals surface area contributed by atoms with Gasteiger partial charge in [0, 0.05) is 17.2 Å². The number of nitrogens with one attached hydrogen (secondary N) is 1. The number of alkyl halides is 2. The van der Waals surface area contributed by atoms with Crippen LogP contribution in [0.25, 0.3) is 0 Å². The van der Waals surface area contributed by atoms with Gasteiger partial charge in [0.2, 0.25) is 5.56 Å². The maximum Gasteiger partial charge on any atom is 0.310 e. The van der Waals surface area contributed by atoms with Gasteiger partial charge in [-0.15, -0.1) is 0 Å². The largest absolute Gasteiger partial charge is 0.469 e. The Labute approximate surface area is 89.2 Å². The van der Waals surface area contributed by atoms with Gasteiger partial charge in [0.1, 0.15) is 5.82 Å². The van der Waals surface area contributed by atoms with Gasteiger partial charge in [0.15, 0.2) is 0 Å². The summed E-state index contributed by atoms with van der Waals surface area (Å²) in [4.78, 5) is 24.1. The molecule has 1 rings (SSSR count). The van der Waals surface area contributed by atoms with E-state index >= 15 is 0 Å². The number of carbonyl (C=O) groups is 1. The quantitative estimate of drug-likeness (QED) is 0.747. The molecule has 0 radical (unpaired) electrons. The van der Waals surface area contributed by atoms with E-state index < -0.39 is 29.9 Å². The van der Waals surface area contributed by atoms with Crippen LogP contribution in [0, 0.1) is 0 Å². The average Bonchev–Trinajstić information content (AvgIpc) is 2.20. The summed E-state index contributed by atoms with van der Waals surface area (Å²) in [5.74, 6) is -0.950. The van der Waals surface area contributed by atoms with Crippen molar-refractivity contribution < 1.29 is 18.3 Å². The number of hydrogen-bond acceptors (Lipinski definition) is 4. The zero-order valence-corrected chi connectivity index (χ0v) is 8.42. The second-order valence-corrected chi connectivity index (χ2v) is 3.03. The van der Waals surface area contributed by atoms with E-state index in [1.807, 2.05) is 0 Å². The van der Waals surface area contributed by atoms with Crippen LogP contribution in [0.15, 0.2) is 10.9 Å². The van der Waals surface area contributed by atoms with Crippen molar-refractivity contribution in [3.8, 4) is 0 Å². The molecule has 5 nitrogen and oxygen atoms in total. The summed E-state index contributed by atoms with van der Waals surface area (Å²) >= 11 is 0. The molecule has 0 aliphatic carbocycles. The van der Waals surface area contributed by atoms with Gasteiger partial charge >= 0.3 is 5.97 Å². The molecule has 0 atom stereocenters. The highest BCUT2D eigenvalue weighted by Gasteiger charge is 2.19. The molecule has 0 saturated carbocycles. The fourth-order valence-corrected chi connectivity index (χ4v) is 1.24. The minimum absolute atomic E-state index is 0.110. The lowest BCUT2D eigenvalue weighted by Gasteiger charge is -2.09. The first-order valence-corrected chi connectivity index (χ1v) is 4.32. The molecule has 88 valence electrons. The highest BCUT2D eigenvalue weighted by molar-refractivity contribution is 5.74. The number of anilines is 1. The van der Waals surface area contributed by atoms with Crippen LogP contribution in [0.4, 0.5) is 14.6 Å². The maximum absolute atomic E-state index is 12.6. The van der Waals surface area contributed by atoms with E-state index in [1.54, 1.807) is 0 Å². The van der Waals surface area contributed by atoms with Crippen LogP contribution in [0.5, 0.6) is 0 Å². The maximum atomic E-state index is 12.6. The third-order valence-electron chi connectivity index (χ3n) is 2.00. The molecule has 0 bridgehead atoms. The van der Waals surface area contributed by atoms with E-state index in [9.17, 15) is 18.4 Å². The van der Waals surface area contributed by atoms with Gasteiger partial charge in [-0.3, -0.25) is 9.59 Å². The van der Waals surface area contributed by atoms with E-state index in [-0.39, 0.29) is 11.4 Å². The van der Waals surface area contributed by atoms with Crippen LogP contribution in [-0.2, 0) is 16.0 Å². The number of carbonyl (C=O) groups excluding carboxylic acids is 1. The number of pyridine rings is 1. The second kappa shape index (κ2) is 4.73. The topological polar surface area (TPSA) is 85.2 Å². The Hall–Kier alpha value is -1.92. The summed E-state index contributed by atoms with van der Waals surface area (Å²) in [6.07, 6.45) is -3.28. The van der Waals surface area contributed by atoms with E-state index in [4.69, 9.17) is 5.73 Å². The monoisotopic (exact) mass is 232 g/mol. The summed E-state index contributed by atoms with van der Waals surface area (Å²) in [6, 6.07) is 0.722. The number of methoxy groups -OCH3 is 1. The molecule has 7 heteroatoms. The van der Waals surface area contributed by atoms with Gasteiger partial charge in [0.25, 0.3) is 6.43 Å². The number of hydrogen-bond donors (Lipinski definition) is 2. The molecule has 1 heterocycles. The van der Waals surface area contributed by atoms with Crippen molar-refractivity contribution in [3.05, 3.63) is 27.5 Å². The highest BCUT2D eigenvalue weighted by atomic mass is 19.3. The number of rotatable bonds is 3. The Bertz CT molecular complexity index is 457. The zero-order chi connectivity index (χ0) is 12.3. The smallest absolute Gasteiger partial charge is 0.310 e. The summed E-state index contributed by atoms with van der Waals surface area (Å²) < 4.78 is 29.5. The third kappa shape index (κ3) is 2.56. The molecule has 0 spiro atoms. The van der Waals surface area contributed by atoms with Crippen molar-refractivity contribution in [2.75, 3.05) is 12.8 Å². The molecular weight excluding hydrogens is 222 g/mol. The molecule has 0 amide bonds. The number of esters is 1. The van der Waals surface area contributed by atoms with Gasteiger partial charge in [-0.25, -0.2) is 8.78 Å². The van der Waals surface area contributed by atoms with Crippen LogP contribution < -0.4 is 11.3 Å². The van der Waals surface area contributed by atoms with Crippen molar-refractivity contribution in [2.24, 2.45) is 0 Å². The standard InChI is InChI=1S/C9H10F2N2O3/c1-16-7(15)3-5-4(8(10)11)2-6(14)13-9(5)12/h2,8H,3H2,1H3,(H3,12,13,14). The average molecular weight is 232 g/mol. The van der Waals surface area contributed by atoms with Crippen LogP contribution in [-0.4, -0.2) is 18.1 Å². The molecule has 0 aliphatic heterocycles. The van der Waals surface area contributed by atoms with Gasteiger partial charge in [-0.2, -0.15) is 0 Å². The summed E-state index contributed by atoms with van der Waals surface area (Å²) in [5.41, 5.74) is 3.97. The van der Waals surface area contributed by atoms with E-state index in [1.165, 1.54) is 0 Å². The predicted octanol–water partition coefficient (Wildman–Crippen LogP) is 0.610. The SMILES string of the molecule is COC(=O)Cc1c(C(F)F)cc(=O)[nH]c1N. The first kappa shape index (κ1) is 12.2. The lowest BCUT2D eigenvalue weighted by atomic mass is 10.1. The number of aromatic amines is 1. The first-order chi connectivity index (χ1) is 7.45. The van der Waals surface area contributed by atoms with Gasteiger partial charge < -0.3 is 15.5 Å². The lowest BCUT2D eigenvalue weighted by Crippen LogP contribution is -2.17. The van der Waals surface area contributed by atoms with Crippen LogP contribution in [0.3, 0.4) is 0 Å². The fourth-order valence-electron chi connectivity index (χ4n) is 1.24. The second-order valence-electron chi connectivity index (χ2n) is 3.03. The van der Waals surface area contributed by atoms with Crippen molar-refractivity contribution in [2.45, 2.75) is 12.8 Å². The summed E-state index contributed by atoms with van der Waals surface area (Å²) in [5, 5.41) is 0. The van der Waals surface area contributed by atoms with Gasteiger partial charge in [-0.05, 0) is 0 Å². The molecule has 0 aliphatic rings. The number of H-pyrrole nitrogens is 1. The third-order valence-corrected chi connectivity index (χ3v) is 2.00. The molecule has 0 saturated heterocycles. The number of halogens is 2. The van der Waals surface area contributed by atoms with E-state index in [0.717, 1.165) is 13.2 Å². The lowest BCUT2D eigenvalue weighted by molar-refractivity contribution is -0.139. The molecule has 16 heavy (non-hydrogen) atoms. The number of aromatic nitrogens is 1. The molecule has 0 unspecified atom stereocenters. The molecule has 3 N–H and O–H groups in total. The van der Waals surface area contributed by atoms with E-state index in [2.05, 4.69) is 9.72 Å². The predicted molar refractivity (Wildman–Crippen MR) is 52.2 cm³/mol. The Morgan fingerprint density at radius 2 is 2.25 bits per heavy atom. The van der Waals surface area contributed by atoms with Crippen molar-refractivity contribution in [1.82, 2.24) is 4.98 Å². The van der Waals surface area contributed by atoms with Crippen LogP contribution in [0.2, 0.25) is 0 Å². The van der Waals surface area contributed by atoms with Gasteiger partial charge in [0.05, 0.1) is 13.5 Å². The number of ether oxygens (including phenoxy) is 1. The summed E-state index contributed by atoms with van der Waals surface area (Å²) in [6.45, 7) is 0. The van der Waals surface area contributed by atoms with Crippen LogP contribution >= 0.6 is 0 Å². The molecule has 1 aromatic rings. The Balaban J connectivity index is 3.24. The van der Waals surface area contributed by atoms with Crippen molar-refractivity contribution in [3.63, 3.8) is 0 Å². The Kier molecular flexibility index (Phi) is 3.60. The first-order valence-electron chi connectivity index (χ1n) is 4.32. The normalized spacial score (nSPS) is 10.5. The van der Waals surface area contributed by atoms with Crippen molar-refractivity contribution in [1.29, 1.82) is 0 Å². The molecule has 0 fully saturated rings.